The average molecular weight is 264 g/mol. The van der Waals surface area contributed by atoms with Gasteiger partial charge in [0, 0.05) is 0 Å². The Morgan fingerprint density at radius 3 is 2.78 bits per heavy atom. The highest BCUT2D eigenvalue weighted by Gasteiger charge is 2.74. The van der Waals surface area contributed by atoms with Gasteiger partial charge in [0.15, 0.2) is 5.60 Å². The van der Waals surface area contributed by atoms with E-state index in [1.54, 1.807) is 0 Å². The molecular formula is C10H8F4N2O2. The summed E-state index contributed by atoms with van der Waals surface area (Å²) < 4.78 is 60.2. The molecule has 8 heteroatoms. The van der Waals surface area contributed by atoms with Crippen molar-refractivity contribution >= 4 is 5.97 Å². The predicted molar refractivity (Wildman–Crippen MR) is 48.9 cm³/mol. The minimum absolute atomic E-state index is 0.0854. The molecule has 0 aromatic carbocycles. The quantitative estimate of drug-likeness (QED) is 0.530. The van der Waals surface area contributed by atoms with E-state index in [1.165, 1.54) is 6.92 Å². The third-order valence-corrected chi connectivity index (χ3v) is 3.65. The van der Waals surface area contributed by atoms with Crippen LogP contribution in [0.25, 0.3) is 0 Å². The fourth-order valence-corrected chi connectivity index (χ4v) is 2.67. The Labute approximate surface area is 98.6 Å². The Balaban J connectivity index is 2.30. The summed E-state index contributed by atoms with van der Waals surface area (Å²) in [4.78, 5) is 14.7. The number of ether oxygens (including phenoxy) is 1. The van der Waals surface area contributed by atoms with E-state index in [2.05, 4.69) is 4.98 Å². The smallest absolute Gasteiger partial charge is 0.393 e. The second-order valence-electron chi connectivity index (χ2n) is 4.65. The number of fused-ring (bicyclic) bond motifs is 3. The zero-order chi connectivity index (χ0) is 13.3. The van der Waals surface area contributed by atoms with Crippen molar-refractivity contribution in [3.05, 3.63) is 18.2 Å². The molecule has 1 aromatic heterocycles. The number of aromatic nitrogens is 2. The minimum atomic E-state index is -4.42. The molecule has 1 saturated heterocycles. The van der Waals surface area contributed by atoms with Crippen molar-refractivity contribution in [1.82, 2.24) is 9.55 Å². The second-order valence-corrected chi connectivity index (χ2v) is 4.65. The zero-order valence-electron chi connectivity index (χ0n) is 9.16. The number of carbonyl (C=O) groups excluding carboxylic acids is 1. The summed E-state index contributed by atoms with van der Waals surface area (Å²) in [6, 6.07) is -4.42. The van der Waals surface area contributed by atoms with Crippen molar-refractivity contribution < 1.29 is 27.1 Å². The first-order valence-corrected chi connectivity index (χ1v) is 5.22. The number of hydrogen-bond acceptors (Lipinski definition) is 3. The molecule has 3 heterocycles. The van der Waals surface area contributed by atoms with E-state index >= 15 is 0 Å². The van der Waals surface area contributed by atoms with Crippen molar-refractivity contribution in [2.45, 2.75) is 30.9 Å². The monoisotopic (exact) mass is 264 g/mol. The second kappa shape index (κ2) is 2.86. The maximum Gasteiger partial charge on any atom is 0.393 e. The molecule has 0 bridgehead atoms. The predicted octanol–water partition coefficient (Wildman–Crippen LogP) is 1.86. The summed E-state index contributed by atoms with van der Waals surface area (Å²) >= 11 is 0. The molecule has 1 aromatic rings. The van der Waals surface area contributed by atoms with E-state index in [9.17, 15) is 22.4 Å². The molecular weight excluding hydrogens is 256 g/mol. The van der Waals surface area contributed by atoms with Crippen LogP contribution in [0.1, 0.15) is 19.0 Å². The first-order chi connectivity index (χ1) is 8.21. The summed E-state index contributed by atoms with van der Waals surface area (Å²) in [7, 11) is 0. The Hall–Kier alpha value is -1.60. The SMILES string of the molecule is C[C@@]12OC(=O)C[C@@H]1C(F)(F)C(F)(F)n1cncc12. The summed E-state index contributed by atoms with van der Waals surface area (Å²) in [6.07, 6.45) is 0.913. The minimum Gasteiger partial charge on any atom is -0.452 e. The summed E-state index contributed by atoms with van der Waals surface area (Å²) in [5, 5.41) is 0. The van der Waals surface area contributed by atoms with Gasteiger partial charge in [0.1, 0.15) is 0 Å². The highest BCUT2D eigenvalue weighted by molar-refractivity contribution is 5.73. The van der Waals surface area contributed by atoms with Crippen LogP contribution in [-0.2, 0) is 21.2 Å². The Morgan fingerprint density at radius 2 is 2.11 bits per heavy atom. The normalized spacial score (nSPS) is 35.8. The lowest BCUT2D eigenvalue weighted by Crippen LogP contribution is -2.58. The molecule has 0 saturated carbocycles. The van der Waals surface area contributed by atoms with Gasteiger partial charge in [-0.2, -0.15) is 17.6 Å². The molecule has 4 nitrogen and oxygen atoms in total. The Morgan fingerprint density at radius 1 is 1.44 bits per heavy atom. The van der Waals surface area contributed by atoms with Crippen LogP contribution in [-0.4, -0.2) is 21.4 Å². The molecule has 3 rings (SSSR count). The largest absolute Gasteiger partial charge is 0.452 e. The van der Waals surface area contributed by atoms with Crippen molar-refractivity contribution in [2.75, 3.05) is 0 Å². The number of esters is 1. The van der Waals surface area contributed by atoms with Crippen LogP contribution < -0.4 is 0 Å². The molecule has 1 fully saturated rings. The van der Waals surface area contributed by atoms with E-state index < -0.39 is 35.9 Å². The number of rotatable bonds is 0. The van der Waals surface area contributed by atoms with Gasteiger partial charge in [-0.1, -0.05) is 0 Å². The first-order valence-electron chi connectivity index (χ1n) is 5.22. The van der Waals surface area contributed by atoms with Gasteiger partial charge in [-0.15, -0.1) is 0 Å². The molecule has 0 amide bonds. The molecule has 0 aliphatic carbocycles. The fraction of sp³-hybridized carbons (Fsp3) is 0.600. The van der Waals surface area contributed by atoms with Crippen LogP contribution in [0.3, 0.4) is 0 Å². The number of halogens is 4. The van der Waals surface area contributed by atoms with E-state index in [0.717, 1.165) is 6.20 Å². The van der Waals surface area contributed by atoms with Crippen LogP contribution in [0, 0.1) is 5.92 Å². The molecule has 2 aliphatic rings. The van der Waals surface area contributed by atoms with Gasteiger partial charge in [0.05, 0.1) is 30.6 Å². The lowest BCUT2D eigenvalue weighted by molar-refractivity contribution is -0.316. The number of hydrogen-bond donors (Lipinski definition) is 0. The van der Waals surface area contributed by atoms with Crippen LogP contribution in [0.2, 0.25) is 0 Å². The van der Waals surface area contributed by atoms with Crippen molar-refractivity contribution in [1.29, 1.82) is 0 Å². The standard InChI is InChI=1S/C10H8F4N2O2/c1-8-5(2-7(17)18-8)9(11,12)10(13,14)16-4-15-3-6(8)16/h3-5H,2H2,1H3/t5-,8+/m0/s1. The highest BCUT2D eigenvalue weighted by Crippen LogP contribution is 2.59. The fourth-order valence-electron chi connectivity index (χ4n) is 2.67. The van der Waals surface area contributed by atoms with E-state index in [1.807, 2.05) is 0 Å². The third kappa shape index (κ3) is 1.02. The van der Waals surface area contributed by atoms with Gasteiger partial charge in [-0.25, -0.2) is 4.98 Å². The number of imidazole rings is 1. The zero-order valence-corrected chi connectivity index (χ0v) is 9.16. The van der Waals surface area contributed by atoms with Gasteiger partial charge in [-0.05, 0) is 6.92 Å². The maximum atomic E-state index is 13.9. The Kier molecular flexibility index (Phi) is 1.83. The molecule has 2 atom stereocenters. The number of carbonyl (C=O) groups is 1. The topological polar surface area (TPSA) is 44.1 Å². The molecule has 0 spiro atoms. The van der Waals surface area contributed by atoms with E-state index in [4.69, 9.17) is 4.74 Å². The van der Waals surface area contributed by atoms with Crippen molar-refractivity contribution in [3.8, 4) is 0 Å². The lowest BCUT2D eigenvalue weighted by atomic mass is 9.78. The summed E-state index contributed by atoms with van der Waals surface area (Å²) in [5.74, 6) is -7.17. The maximum absolute atomic E-state index is 13.9. The van der Waals surface area contributed by atoms with Crippen LogP contribution >= 0.6 is 0 Å². The third-order valence-electron chi connectivity index (χ3n) is 3.65. The van der Waals surface area contributed by atoms with Crippen LogP contribution in [0.4, 0.5) is 17.6 Å². The molecule has 98 valence electrons. The molecule has 0 radical (unpaired) electrons. The summed E-state index contributed by atoms with van der Waals surface area (Å²) in [6.45, 7) is 1.21. The van der Waals surface area contributed by atoms with Gasteiger partial charge in [-0.3, -0.25) is 9.36 Å². The highest BCUT2D eigenvalue weighted by atomic mass is 19.3. The van der Waals surface area contributed by atoms with Gasteiger partial charge in [0.2, 0.25) is 0 Å². The van der Waals surface area contributed by atoms with Gasteiger partial charge in [0.25, 0.3) is 0 Å². The van der Waals surface area contributed by atoms with Crippen LogP contribution in [0.5, 0.6) is 0 Å². The molecule has 2 aliphatic heterocycles. The molecule has 18 heavy (non-hydrogen) atoms. The summed E-state index contributed by atoms with van der Waals surface area (Å²) in [5.41, 5.74) is -1.98. The molecule has 0 N–H and O–H groups in total. The number of alkyl halides is 4. The van der Waals surface area contributed by atoms with Crippen LogP contribution in [0.15, 0.2) is 12.5 Å². The molecule has 0 unspecified atom stereocenters. The number of nitrogens with zero attached hydrogens (tertiary/aromatic N) is 2. The van der Waals surface area contributed by atoms with E-state index in [0.29, 0.717) is 6.33 Å². The Bertz CT molecular complexity index is 542. The van der Waals surface area contributed by atoms with Crippen molar-refractivity contribution in [2.24, 2.45) is 5.92 Å². The van der Waals surface area contributed by atoms with Gasteiger partial charge < -0.3 is 4.74 Å². The van der Waals surface area contributed by atoms with Crippen molar-refractivity contribution in [3.63, 3.8) is 0 Å². The van der Waals surface area contributed by atoms with E-state index in [-0.39, 0.29) is 10.3 Å². The van der Waals surface area contributed by atoms with Gasteiger partial charge >= 0.3 is 17.9 Å². The average Bonchev–Trinajstić information content (AvgIpc) is 2.82. The first kappa shape index (κ1) is 11.5. The lowest BCUT2D eigenvalue weighted by Gasteiger charge is -2.43.